The third-order valence-electron chi connectivity index (χ3n) is 5.85. The van der Waals surface area contributed by atoms with E-state index in [4.69, 9.17) is 0 Å². The number of carbonyl (C=O) groups excluding carboxylic acids is 1. The van der Waals surface area contributed by atoms with Crippen LogP contribution in [0.2, 0.25) is 0 Å². The lowest BCUT2D eigenvalue weighted by Crippen LogP contribution is -2.52. The first-order valence-corrected chi connectivity index (χ1v) is 10.9. The van der Waals surface area contributed by atoms with Gasteiger partial charge in [-0.2, -0.15) is 4.72 Å². The van der Waals surface area contributed by atoms with Crippen molar-refractivity contribution in [1.29, 1.82) is 0 Å². The Labute approximate surface area is 160 Å². The number of amides is 1. The second-order valence-electron chi connectivity index (χ2n) is 7.56. The fourth-order valence-electron chi connectivity index (χ4n) is 4.38. The normalized spacial score (nSPS) is 22.7. The molecule has 0 bridgehead atoms. The highest BCUT2D eigenvalue weighted by atomic mass is 32.2. The van der Waals surface area contributed by atoms with Gasteiger partial charge in [-0.05, 0) is 36.5 Å². The van der Waals surface area contributed by atoms with Gasteiger partial charge in [-0.3, -0.25) is 4.79 Å². The Bertz CT molecular complexity index is 935. The number of fused-ring (bicyclic) bond motifs is 1. The number of carbonyl (C=O) groups is 1. The van der Waals surface area contributed by atoms with Crippen molar-refractivity contribution < 1.29 is 13.2 Å². The topological polar surface area (TPSA) is 75.3 Å². The quantitative estimate of drug-likeness (QED) is 0.851. The highest BCUT2D eigenvalue weighted by molar-refractivity contribution is 7.89. The molecule has 0 saturated heterocycles. The Kier molecular flexibility index (Phi) is 4.78. The van der Waals surface area contributed by atoms with E-state index in [1.54, 1.807) is 24.3 Å². The molecule has 27 heavy (non-hydrogen) atoms. The van der Waals surface area contributed by atoms with E-state index in [0.717, 1.165) is 25.7 Å². The minimum Gasteiger partial charge on any atom is -0.354 e. The highest BCUT2D eigenvalue weighted by Gasteiger charge is 2.38. The number of hydrogen-bond donors (Lipinski definition) is 2. The largest absolute Gasteiger partial charge is 0.354 e. The average Bonchev–Trinajstić information content (AvgIpc) is 3.16. The molecule has 2 aromatic carbocycles. The molecule has 0 spiro atoms. The standard InChI is InChI=1S/C21H24N2O3S/c24-20(18-14-16-8-4-5-11-19(16)27(25,26)23-18)22-15-21(12-6-7-13-21)17-9-2-1-3-10-17/h1-5,8-11,18,23H,6-7,12-15H2,(H,22,24)/t18-/m0/s1. The molecule has 1 atom stereocenters. The number of rotatable bonds is 4. The fraction of sp³-hybridized carbons (Fsp3) is 0.381. The van der Waals surface area contributed by atoms with E-state index < -0.39 is 16.1 Å². The first-order chi connectivity index (χ1) is 13.0. The van der Waals surface area contributed by atoms with Gasteiger partial charge in [-0.1, -0.05) is 61.4 Å². The van der Waals surface area contributed by atoms with Gasteiger partial charge in [0.2, 0.25) is 15.9 Å². The van der Waals surface area contributed by atoms with Crippen LogP contribution in [0.5, 0.6) is 0 Å². The number of benzene rings is 2. The van der Waals surface area contributed by atoms with Gasteiger partial charge >= 0.3 is 0 Å². The van der Waals surface area contributed by atoms with E-state index in [-0.39, 0.29) is 16.2 Å². The smallest absolute Gasteiger partial charge is 0.241 e. The molecule has 2 aromatic rings. The van der Waals surface area contributed by atoms with E-state index in [1.165, 1.54) is 5.56 Å². The van der Waals surface area contributed by atoms with Crippen LogP contribution in [0.3, 0.4) is 0 Å². The van der Waals surface area contributed by atoms with Crippen LogP contribution >= 0.6 is 0 Å². The lowest BCUT2D eigenvalue weighted by atomic mass is 9.79. The second kappa shape index (κ2) is 7.09. The maximum absolute atomic E-state index is 12.8. The number of hydrogen-bond acceptors (Lipinski definition) is 3. The zero-order valence-corrected chi connectivity index (χ0v) is 16.0. The maximum atomic E-state index is 12.8. The third kappa shape index (κ3) is 3.51. The third-order valence-corrected chi connectivity index (χ3v) is 7.42. The molecule has 0 unspecified atom stereocenters. The summed E-state index contributed by atoms with van der Waals surface area (Å²) < 4.78 is 27.4. The lowest BCUT2D eigenvalue weighted by molar-refractivity contribution is -0.123. The Morgan fingerprint density at radius 3 is 2.44 bits per heavy atom. The molecule has 4 rings (SSSR count). The van der Waals surface area contributed by atoms with E-state index in [2.05, 4.69) is 22.2 Å². The minimum absolute atomic E-state index is 0.0532. The summed E-state index contributed by atoms with van der Waals surface area (Å²) in [5.41, 5.74) is 1.88. The van der Waals surface area contributed by atoms with Crippen LogP contribution in [0.1, 0.15) is 36.8 Å². The summed E-state index contributed by atoms with van der Waals surface area (Å²) in [7, 11) is -3.65. The molecule has 1 aliphatic heterocycles. The molecule has 2 aliphatic rings. The molecular formula is C21H24N2O3S. The molecule has 6 heteroatoms. The molecular weight excluding hydrogens is 360 g/mol. The molecule has 1 heterocycles. The Morgan fingerprint density at radius 1 is 1.04 bits per heavy atom. The summed E-state index contributed by atoms with van der Waals surface area (Å²) in [5.74, 6) is -0.254. The fourth-order valence-corrected chi connectivity index (χ4v) is 5.83. The van der Waals surface area contributed by atoms with Gasteiger partial charge in [0.15, 0.2) is 0 Å². The molecule has 1 saturated carbocycles. The molecule has 1 aliphatic carbocycles. The first-order valence-electron chi connectivity index (χ1n) is 9.44. The van der Waals surface area contributed by atoms with Crippen LogP contribution in [0.4, 0.5) is 0 Å². The Morgan fingerprint density at radius 2 is 1.70 bits per heavy atom. The van der Waals surface area contributed by atoms with Crippen LogP contribution in [-0.2, 0) is 26.7 Å². The number of sulfonamides is 1. The van der Waals surface area contributed by atoms with Crippen molar-refractivity contribution in [2.45, 2.75) is 48.5 Å². The van der Waals surface area contributed by atoms with Gasteiger partial charge in [0.1, 0.15) is 6.04 Å². The van der Waals surface area contributed by atoms with Crippen molar-refractivity contribution in [2.24, 2.45) is 0 Å². The zero-order chi connectivity index (χ0) is 18.9. The molecule has 1 amide bonds. The first kappa shape index (κ1) is 18.2. The summed E-state index contributed by atoms with van der Waals surface area (Å²) >= 11 is 0. The van der Waals surface area contributed by atoms with Gasteiger partial charge in [0.25, 0.3) is 0 Å². The summed E-state index contributed by atoms with van der Waals surface area (Å²) in [4.78, 5) is 13.1. The van der Waals surface area contributed by atoms with Gasteiger partial charge in [0.05, 0.1) is 4.90 Å². The van der Waals surface area contributed by atoms with Crippen molar-refractivity contribution in [1.82, 2.24) is 10.0 Å². The molecule has 0 radical (unpaired) electrons. The average molecular weight is 385 g/mol. The summed E-state index contributed by atoms with van der Waals surface area (Å²) in [6.45, 7) is 0.537. The summed E-state index contributed by atoms with van der Waals surface area (Å²) in [5, 5.41) is 3.04. The van der Waals surface area contributed by atoms with Gasteiger partial charge in [0, 0.05) is 12.0 Å². The lowest BCUT2D eigenvalue weighted by Gasteiger charge is -2.31. The molecule has 0 aromatic heterocycles. The predicted octanol–water partition coefficient (Wildman–Crippen LogP) is 2.52. The summed E-state index contributed by atoms with van der Waals surface area (Å²) in [6.07, 6.45) is 4.75. The van der Waals surface area contributed by atoms with Crippen LogP contribution in [0.25, 0.3) is 0 Å². The highest BCUT2D eigenvalue weighted by Crippen LogP contribution is 2.40. The monoisotopic (exact) mass is 384 g/mol. The Hall–Kier alpha value is -2.18. The van der Waals surface area contributed by atoms with Crippen LogP contribution < -0.4 is 10.0 Å². The van der Waals surface area contributed by atoms with Gasteiger partial charge in [-0.25, -0.2) is 8.42 Å². The SMILES string of the molecule is O=C(NCC1(c2ccccc2)CCCC1)[C@@H]1Cc2ccccc2S(=O)(=O)N1. The van der Waals surface area contributed by atoms with Gasteiger partial charge < -0.3 is 5.32 Å². The predicted molar refractivity (Wildman–Crippen MR) is 104 cm³/mol. The molecule has 2 N–H and O–H groups in total. The van der Waals surface area contributed by atoms with Crippen LogP contribution in [-0.4, -0.2) is 26.9 Å². The number of nitrogens with one attached hydrogen (secondary N) is 2. The molecule has 5 nitrogen and oxygen atoms in total. The van der Waals surface area contributed by atoms with E-state index in [1.807, 2.05) is 18.2 Å². The van der Waals surface area contributed by atoms with Crippen LogP contribution in [0.15, 0.2) is 59.5 Å². The maximum Gasteiger partial charge on any atom is 0.241 e. The van der Waals surface area contributed by atoms with Crippen molar-refractivity contribution in [3.63, 3.8) is 0 Å². The van der Waals surface area contributed by atoms with Gasteiger partial charge in [-0.15, -0.1) is 0 Å². The van der Waals surface area contributed by atoms with Crippen molar-refractivity contribution in [2.75, 3.05) is 6.54 Å². The second-order valence-corrected chi connectivity index (χ2v) is 9.24. The molecule has 1 fully saturated rings. The molecule has 142 valence electrons. The van der Waals surface area contributed by atoms with E-state index >= 15 is 0 Å². The zero-order valence-electron chi connectivity index (χ0n) is 15.1. The van der Waals surface area contributed by atoms with Crippen molar-refractivity contribution >= 4 is 15.9 Å². The minimum atomic E-state index is -3.65. The van der Waals surface area contributed by atoms with E-state index in [0.29, 0.717) is 18.5 Å². The Balaban J connectivity index is 1.50. The van der Waals surface area contributed by atoms with Crippen molar-refractivity contribution in [3.05, 3.63) is 65.7 Å². The van der Waals surface area contributed by atoms with E-state index in [9.17, 15) is 13.2 Å². The van der Waals surface area contributed by atoms with Crippen molar-refractivity contribution in [3.8, 4) is 0 Å². The van der Waals surface area contributed by atoms with Crippen LogP contribution in [0, 0.1) is 0 Å². The summed E-state index contributed by atoms with van der Waals surface area (Å²) in [6, 6.07) is 16.4.